The Morgan fingerprint density at radius 3 is 2.64 bits per heavy atom. The van der Waals surface area contributed by atoms with Crippen LogP contribution in [0.3, 0.4) is 0 Å². The second-order valence-electron chi connectivity index (χ2n) is 6.48. The van der Waals surface area contributed by atoms with Crippen molar-refractivity contribution in [3.8, 4) is 0 Å². The maximum absolute atomic E-state index is 12.2. The predicted octanol–water partition coefficient (Wildman–Crippen LogP) is 4.13. The van der Waals surface area contributed by atoms with E-state index in [1.54, 1.807) is 11.8 Å². The van der Waals surface area contributed by atoms with Gasteiger partial charge in [-0.3, -0.25) is 4.79 Å². The molecule has 1 atom stereocenters. The summed E-state index contributed by atoms with van der Waals surface area (Å²) in [5.74, 6) is 0.147. The molecule has 1 aliphatic rings. The first-order valence-corrected chi connectivity index (χ1v) is 10.2. The Morgan fingerprint density at radius 2 is 1.92 bits per heavy atom. The van der Waals surface area contributed by atoms with Crippen molar-refractivity contribution in [2.75, 3.05) is 24.2 Å². The molecule has 4 heteroatoms. The van der Waals surface area contributed by atoms with Crippen LogP contribution in [0.15, 0.2) is 59.5 Å². The highest BCUT2D eigenvalue weighted by atomic mass is 32.2. The number of anilines is 1. The third-order valence-electron chi connectivity index (χ3n) is 4.80. The Labute approximate surface area is 154 Å². The molecule has 0 saturated carbocycles. The number of carbonyl (C=O) groups excluding carboxylic acids is 1. The minimum absolute atomic E-state index is 0.147. The average molecular weight is 355 g/mol. The number of para-hydroxylation sites is 1. The van der Waals surface area contributed by atoms with Gasteiger partial charge in [-0.1, -0.05) is 30.3 Å². The summed E-state index contributed by atoms with van der Waals surface area (Å²) in [6.07, 6.45) is 5.76. The summed E-state index contributed by atoms with van der Waals surface area (Å²) in [6, 6.07) is 19.4. The minimum Gasteiger partial charge on any atom is -0.367 e. The van der Waals surface area contributed by atoms with Gasteiger partial charge in [0.15, 0.2) is 0 Å². The maximum Gasteiger partial charge on any atom is 0.220 e. The summed E-state index contributed by atoms with van der Waals surface area (Å²) < 4.78 is 0. The van der Waals surface area contributed by atoms with Crippen LogP contribution in [-0.4, -0.2) is 31.3 Å². The Kier molecular flexibility index (Phi) is 6.40. The number of benzene rings is 2. The van der Waals surface area contributed by atoms with Crippen molar-refractivity contribution in [3.05, 3.63) is 60.2 Å². The number of rotatable bonds is 7. The lowest BCUT2D eigenvalue weighted by Crippen LogP contribution is -2.40. The van der Waals surface area contributed by atoms with Crippen molar-refractivity contribution in [1.29, 1.82) is 0 Å². The van der Waals surface area contributed by atoms with E-state index >= 15 is 0 Å². The Balaban J connectivity index is 1.45. The lowest BCUT2D eigenvalue weighted by Gasteiger charge is -2.27. The van der Waals surface area contributed by atoms with Crippen LogP contribution in [0.2, 0.25) is 0 Å². The first-order chi connectivity index (χ1) is 12.3. The van der Waals surface area contributed by atoms with Crippen LogP contribution < -0.4 is 10.2 Å². The summed E-state index contributed by atoms with van der Waals surface area (Å²) in [7, 11) is 0. The van der Waals surface area contributed by atoms with E-state index in [1.165, 1.54) is 22.6 Å². The molecule has 0 aromatic heterocycles. The van der Waals surface area contributed by atoms with Crippen molar-refractivity contribution in [1.82, 2.24) is 5.32 Å². The number of carbonyl (C=O) groups is 1. The van der Waals surface area contributed by atoms with Crippen LogP contribution in [-0.2, 0) is 11.2 Å². The topological polar surface area (TPSA) is 32.3 Å². The number of aryl methyl sites for hydroxylation is 1. The molecule has 0 bridgehead atoms. The van der Waals surface area contributed by atoms with E-state index in [-0.39, 0.29) is 5.91 Å². The molecule has 0 aliphatic carbocycles. The van der Waals surface area contributed by atoms with Crippen LogP contribution >= 0.6 is 11.8 Å². The molecule has 1 N–H and O–H groups in total. The smallest absolute Gasteiger partial charge is 0.220 e. The molecular weight excluding hydrogens is 328 g/mol. The second kappa shape index (κ2) is 8.95. The molecule has 3 nitrogen and oxygen atoms in total. The Bertz CT molecular complexity index is 672. The van der Waals surface area contributed by atoms with E-state index in [0.29, 0.717) is 12.5 Å². The molecular formula is C21H26N2OS. The van der Waals surface area contributed by atoms with Gasteiger partial charge in [0.1, 0.15) is 0 Å². The van der Waals surface area contributed by atoms with Gasteiger partial charge >= 0.3 is 0 Å². The number of nitrogens with zero attached hydrogens (tertiary/aromatic N) is 1. The lowest BCUT2D eigenvalue weighted by atomic mass is 10.1. The fraction of sp³-hybridized carbons (Fsp3) is 0.381. The van der Waals surface area contributed by atoms with E-state index in [1.807, 2.05) is 6.07 Å². The van der Waals surface area contributed by atoms with Crippen molar-refractivity contribution < 1.29 is 4.79 Å². The van der Waals surface area contributed by atoms with Gasteiger partial charge in [-0.15, -0.1) is 11.8 Å². The molecule has 1 heterocycles. The molecule has 132 valence electrons. The monoisotopic (exact) mass is 354 g/mol. The van der Waals surface area contributed by atoms with E-state index < -0.39 is 0 Å². The van der Waals surface area contributed by atoms with Gasteiger partial charge in [-0.25, -0.2) is 0 Å². The van der Waals surface area contributed by atoms with E-state index in [0.717, 1.165) is 25.9 Å². The zero-order valence-electron chi connectivity index (χ0n) is 14.8. The standard InChI is InChI=1S/C21H26N2OS/c1-25-20-12-9-17(10-13-20)11-14-21(24)22-16-19-8-5-15-23(19)18-6-3-2-4-7-18/h2-4,6-7,9-10,12-13,19H,5,8,11,14-16H2,1H3,(H,22,24). The first-order valence-electron chi connectivity index (χ1n) is 8.97. The molecule has 1 fully saturated rings. The van der Waals surface area contributed by atoms with Crippen molar-refractivity contribution in [3.63, 3.8) is 0 Å². The molecule has 1 amide bonds. The SMILES string of the molecule is CSc1ccc(CCC(=O)NCC2CCCN2c2ccccc2)cc1. The Hall–Kier alpha value is -1.94. The number of thioether (sulfide) groups is 1. The second-order valence-corrected chi connectivity index (χ2v) is 7.36. The van der Waals surface area contributed by atoms with Gasteiger partial charge < -0.3 is 10.2 Å². The molecule has 1 saturated heterocycles. The van der Waals surface area contributed by atoms with E-state index in [2.05, 4.69) is 65.0 Å². The Morgan fingerprint density at radius 1 is 1.16 bits per heavy atom. The maximum atomic E-state index is 12.2. The number of amides is 1. The summed E-state index contributed by atoms with van der Waals surface area (Å²) in [5, 5.41) is 3.13. The van der Waals surface area contributed by atoms with Gasteiger partial charge in [0.2, 0.25) is 5.91 Å². The summed E-state index contributed by atoms with van der Waals surface area (Å²) in [6.45, 7) is 1.81. The average Bonchev–Trinajstić information content (AvgIpc) is 3.14. The highest BCUT2D eigenvalue weighted by molar-refractivity contribution is 7.98. The van der Waals surface area contributed by atoms with Crippen LogP contribution in [0.25, 0.3) is 0 Å². The van der Waals surface area contributed by atoms with Gasteiger partial charge in [0, 0.05) is 36.1 Å². The molecule has 2 aromatic rings. The van der Waals surface area contributed by atoms with E-state index in [9.17, 15) is 4.79 Å². The van der Waals surface area contributed by atoms with Crippen molar-refractivity contribution >= 4 is 23.4 Å². The largest absolute Gasteiger partial charge is 0.367 e. The summed E-state index contributed by atoms with van der Waals surface area (Å²) in [5.41, 5.74) is 2.48. The van der Waals surface area contributed by atoms with Crippen molar-refractivity contribution in [2.24, 2.45) is 0 Å². The molecule has 0 radical (unpaired) electrons. The minimum atomic E-state index is 0.147. The number of nitrogens with one attached hydrogen (secondary N) is 1. The molecule has 1 aliphatic heterocycles. The molecule has 1 unspecified atom stereocenters. The zero-order chi connectivity index (χ0) is 17.5. The van der Waals surface area contributed by atoms with Gasteiger partial charge in [-0.05, 0) is 55.3 Å². The fourth-order valence-electron chi connectivity index (χ4n) is 3.38. The quantitative estimate of drug-likeness (QED) is 0.759. The van der Waals surface area contributed by atoms with Gasteiger partial charge in [0.25, 0.3) is 0 Å². The van der Waals surface area contributed by atoms with Crippen LogP contribution in [0.5, 0.6) is 0 Å². The molecule has 3 rings (SSSR count). The molecule has 25 heavy (non-hydrogen) atoms. The predicted molar refractivity (Wildman–Crippen MR) is 106 cm³/mol. The van der Waals surface area contributed by atoms with Gasteiger partial charge in [-0.2, -0.15) is 0 Å². The summed E-state index contributed by atoms with van der Waals surface area (Å²) in [4.78, 5) is 15.9. The highest BCUT2D eigenvalue weighted by Gasteiger charge is 2.24. The number of hydrogen-bond donors (Lipinski definition) is 1. The van der Waals surface area contributed by atoms with E-state index in [4.69, 9.17) is 0 Å². The third-order valence-corrected chi connectivity index (χ3v) is 5.54. The van der Waals surface area contributed by atoms with Crippen LogP contribution in [0, 0.1) is 0 Å². The normalized spacial score (nSPS) is 16.8. The van der Waals surface area contributed by atoms with Crippen molar-refractivity contribution in [2.45, 2.75) is 36.6 Å². The third kappa shape index (κ3) is 5.02. The van der Waals surface area contributed by atoms with Crippen LogP contribution in [0.1, 0.15) is 24.8 Å². The number of hydrogen-bond acceptors (Lipinski definition) is 3. The summed E-state index contributed by atoms with van der Waals surface area (Å²) >= 11 is 1.74. The molecule has 0 spiro atoms. The molecule has 2 aromatic carbocycles. The van der Waals surface area contributed by atoms with Gasteiger partial charge in [0.05, 0.1) is 0 Å². The first kappa shape index (κ1) is 17.9. The lowest BCUT2D eigenvalue weighted by molar-refractivity contribution is -0.121. The van der Waals surface area contributed by atoms with Crippen LogP contribution in [0.4, 0.5) is 5.69 Å². The highest BCUT2D eigenvalue weighted by Crippen LogP contribution is 2.24. The zero-order valence-corrected chi connectivity index (χ0v) is 15.6. The fourth-order valence-corrected chi connectivity index (χ4v) is 3.79.